The molecule has 2 amide bonds. The van der Waals surface area contributed by atoms with Crippen molar-refractivity contribution in [1.29, 1.82) is 0 Å². The van der Waals surface area contributed by atoms with Crippen LogP contribution in [-0.4, -0.2) is 54.7 Å². The van der Waals surface area contributed by atoms with E-state index in [1.165, 1.54) is 24.3 Å². The molecule has 1 saturated heterocycles. The molecule has 1 unspecified atom stereocenters. The van der Waals surface area contributed by atoms with Crippen LogP contribution < -0.4 is 9.62 Å². The number of nitrogens with zero attached hydrogens (tertiary/aromatic N) is 3. The van der Waals surface area contributed by atoms with Gasteiger partial charge in [0.05, 0.1) is 11.3 Å². The van der Waals surface area contributed by atoms with E-state index < -0.39 is 0 Å². The number of hydrogen-bond donors (Lipinski definition) is 1. The van der Waals surface area contributed by atoms with Crippen LogP contribution in [-0.2, 0) is 7.05 Å². The molecule has 1 N–H and O–H groups in total. The van der Waals surface area contributed by atoms with Gasteiger partial charge in [0.1, 0.15) is 28.7 Å². The molecule has 5 aromatic rings. The lowest BCUT2D eigenvalue weighted by molar-refractivity contribution is 0.0697. The fraction of sp³-hybridized carbons (Fsp3) is 0.294. The van der Waals surface area contributed by atoms with E-state index in [0.29, 0.717) is 46.6 Å². The molecule has 1 aliphatic heterocycles. The molecule has 0 spiro atoms. The maximum Gasteiger partial charge on any atom is 0.270 e. The smallest absolute Gasteiger partial charge is 0.270 e. The highest BCUT2D eigenvalue weighted by Gasteiger charge is 2.32. The Balaban J connectivity index is 1.44. The zero-order chi connectivity index (χ0) is 31.3. The van der Waals surface area contributed by atoms with Gasteiger partial charge in [-0.2, -0.15) is 0 Å². The maximum absolute atomic E-state index is 14.1. The number of aromatic nitrogens is 1. The van der Waals surface area contributed by atoms with Gasteiger partial charge < -0.3 is 23.5 Å². The number of nitrogens with one attached hydrogen (secondary N) is 1. The van der Waals surface area contributed by atoms with Crippen LogP contribution in [0.5, 0.6) is 0 Å². The highest BCUT2D eigenvalue weighted by Crippen LogP contribution is 2.42. The predicted octanol–water partition coefficient (Wildman–Crippen LogP) is 7.27. The van der Waals surface area contributed by atoms with Gasteiger partial charge in [-0.3, -0.25) is 9.59 Å². The largest absolute Gasteiger partial charge is 0.455 e. The average Bonchev–Trinajstić information content (AvgIpc) is 3.53. The van der Waals surface area contributed by atoms with Crippen LogP contribution in [0.1, 0.15) is 50.7 Å². The van der Waals surface area contributed by atoms with Gasteiger partial charge in [-0.25, -0.2) is 8.78 Å². The third-order valence-corrected chi connectivity index (χ3v) is 9.52. The molecular weight excluding hydrogens is 582 g/mol. The summed E-state index contributed by atoms with van der Waals surface area (Å²) in [7, 11) is 5.39. The van der Waals surface area contributed by atoms with Crippen molar-refractivity contribution in [1.82, 2.24) is 14.8 Å². The Kier molecular flexibility index (Phi) is 7.88. The molecule has 6 rings (SSSR count). The van der Waals surface area contributed by atoms with E-state index in [9.17, 15) is 18.4 Å². The standard InChI is InChI=1S/C34H34F2N4O3S/c1-19-24-15-23(36)12-13-27(24)38(3)31(19)34(42)40-14-6-7-21(18-40)25-16-26-29(17-28(25)39(4)44-5)43-32(30(26)33(41)37-2)20-8-10-22(35)11-9-20/h8-13,15-17,21H,6-7,14,18H2,1-5H3,(H,37,41). The number of aryl methyl sites for hydroxylation is 2. The first-order chi connectivity index (χ1) is 21.1. The number of carbonyl (C=O) groups excluding carboxylic acids is 2. The summed E-state index contributed by atoms with van der Waals surface area (Å²) in [5, 5.41) is 4.12. The van der Waals surface area contributed by atoms with Gasteiger partial charge in [0, 0.05) is 74.3 Å². The summed E-state index contributed by atoms with van der Waals surface area (Å²) in [5.41, 5.74) is 5.61. The molecule has 0 aliphatic carbocycles. The molecule has 2 aromatic heterocycles. The normalized spacial score (nSPS) is 15.2. The third-order valence-electron chi connectivity index (χ3n) is 8.78. The van der Waals surface area contributed by atoms with Gasteiger partial charge >= 0.3 is 0 Å². The van der Waals surface area contributed by atoms with Crippen molar-refractivity contribution in [2.75, 3.05) is 37.7 Å². The lowest BCUT2D eigenvalue weighted by atomic mass is 9.88. The minimum absolute atomic E-state index is 0.00385. The number of rotatable bonds is 6. The first-order valence-electron chi connectivity index (χ1n) is 14.5. The lowest BCUT2D eigenvalue weighted by Gasteiger charge is -2.35. The lowest BCUT2D eigenvalue weighted by Crippen LogP contribution is -2.40. The first kappa shape index (κ1) is 29.7. The van der Waals surface area contributed by atoms with Crippen LogP contribution in [0.2, 0.25) is 0 Å². The highest BCUT2D eigenvalue weighted by atomic mass is 32.2. The minimum atomic E-state index is -0.375. The Morgan fingerprint density at radius 3 is 2.48 bits per heavy atom. The van der Waals surface area contributed by atoms with Gasteiger partial charge in [0.15, 0.2) is 0 Å². The molecule has 3 heterocycles. The predicted molar refractivity (Wildman–Crippen MR) is 172 cm³/mol. The Hall–Kier alpha value is -4.31. The summed E-state index contributed by atoms with van der Waals surface area (Å²) in [6.45, 7) is 2.98. The zero-order valence-electron chi connectivity index (χ0n) is 25.3. The quantitative estimate of drug-likeness (QED) is 0.203. The first-order valence-corrected chi connectivity index (χ1v) is 15.7. The molecule has 3 aromatic carbocycles. The van der Waals surface area contributed by atoms with Crippen molar-refractivity contribution in [3.05, 3.63) is 88.6 Å². The van der Waals surface area contributed by atoms with Crippen molar-refractivity contribution in [3.63, 3.8) is 0 Å². The molecule has 228 valence electrons. The fourth-order valence-electron chi connectivity index (χ4n) is 6.47. The molecule has 1 atom stereocenters. The fourth-order valence-corrected chi connectivity index (χ4v) is 6.83. The second-order valence-corrected chi connectivity index (χ2v) is 12.2. The SMILES string of the molecule is CNC(=O)c1c(-c2ccc(F)cc2)oc2cc(N(C)SC)c(C3CCCN(C(=O)c4c(C)c5cc(F)ccc5n4C)C3)cc12. The van der Waals surface area contributed by atoms with Gasteiger partial charge in [-0.1, -0.05) is 11.9 Å². The maximum atomic E-state index is 14.1. The van der Waals surface area contributed by atoms with Crippen LogP contribution in [0.15, 0.2) is 59.0 Å². The molecule has 0 bridgehead atoms. The van der Waals surface area contributed by atoms with Crippen LogP contribution in [0.25, 0.3) is 33.2 Å². The summed E-state index contributed by atoms with van der Waals surface area (Å²) >= 11 is 1.55. The monoisotopic (exact) mass is 616 g/mol. The van der Waals surface area contributed by atoms with Crippen LogP contribution >= 0.6 is 11.9 Å². The van der Waals surface area contributed by atoms with Crippen molar-refractivity contribution in [2.24, 2.45) is 7.05 Å². The number of piperidine rings is 1. The molecule has 1 aliphatic rings. The van der Waals surface area contributed by atoms with Crippen molar-refractivity contribution >= 4 is 51.3 Å². The minimum Gasteiger partial charge on any atom is -0.455 e. The van der Waals surface area contributed by atoms with E-state index in [1.54, 1.807) is 37.2 Å². The summed E-state index contributed by atoms with van der Waals surface area (Å²) < 4.78 is 38.0. The third kappa shape index (κ3) is 5.00. The van der Waals surface area contributed by atoms with Crippen molar-refractivity contribution in [3.8, 4) is 11.3 Å². The Morgan fingerprint density at radius 1 is 1.05 bits per heavy atom. The number of carbonyl (C=O) groups is 2. The van der Waals surface area contributed by atoms with E-state index in [1.807, 2.05) is 48.9 Å². The van der Waals surface area contributed by atoms with Gasteiger partial charge in [0.25, 0.3) is 11.8 Å². The summed E-state index contributed by atoms with van der Waals surface area (Å²) in [6, 6.07) is 14.5. The highest BCUT2D eigenvalue weighted by molar-refractivity contribution is 7.99. The number of furan rings is 1. The van der Waals surface area contributed by atoms with Gasteiger partial charge in [-0.15, -0.1) is 0 Å². The molecule has 0 radical (unpaired) electrons. The zero-order valence-corrected chi connectivity index (χ0v) is 26.1. The Labute approximate surface area is 258 Å². The number of likely N-dealkylation sites (tertiary alicyclic amines) is 1. The van der Waals surface area contributed by atoms with Crippen molar-refractivity contribution < 1.29 is 22.8 Å². The second-order valence-electron chi connectivity index (χ2n) is 11.3. The van der Waals surface area contributed by atoms with E-state index in [4.69, 9.17) is 4.42 Å². The van der Waals surface area contributed by atoms with Gasteiger partial charge in [-0.05, 0) is 79.4 Å². The number of amides is 2. The van der Waals surface area contributed by atoms with Crippen molar-refractivity contribution in [2.45, 2.75) is 25.7 Å². The van der Waals surface area contributed by atoms with E-state index in [2.05, 4.69) is 9.62 Å². The van der Waals surface area contributed by atoms with E-state index in [0.717, 1.165) is 40.6 Å². The van der Waals surface area contributed by atoms with Crippen LogP contribution in [0.3, 0.4) is 0 Å². The molecular formula is C34H34F2N4O3S. The second kappa shape index (κ2) is 11.6. The summed E-state index contributed by atoms with van der Waals surface area (Å²) in [4.78, 5) is 29.1. The summed E-state index contributed by atoms with van der Waals surface area (Å²) in [6.07, 6.45) is 3.66. The Morgan fingerprint density at radius 2 is 1.77 bits per heavy atom. The van der Waals surface area contributed by atoms with Crippen LogP contribution in [0.4, 0.5) is 14.5 Å². The van der Waals surface area contributed by atoms with Crippen LogP contribution in [0, 0.1) is 18.6 Å². The average molecular weight is 617 g/mol. The molecule has 7 nitrogen and oxygen atoms in total. The molecule has 10 heteroatoms. The Bertz CT molecular complexity index is 1910. The number of fused-ring (bicyclic) bond motifs is 2. The summed E-state index contributed by atoms with van der Waals surface area (Å²) in [5.74, 6) is -0.724. The number of anilines is 1. The number of hydrogen-bond acceptors (Lipinski definition) is 5. The molecule has 44 heavy (non-hydrogen) atoms. The molecule has 1 fully saturated rings. The topological polar surface area (TPSA) is 70.7 Å². The van der Waals surface area contributed by atoms with E-state index in [-0.39, 0.29) is 29.4 Å². The van der Waals surface area contributed by atoms with E-state index >= 15 is 0 Å². The van der Waals surface area contributed by atoms with Gasteiger partial charge in [0.2, 0.25) is 0 Å². The molecule has 0 saturated carbocycles. The number of benzene rings is 3. The number of halogens is 2.